The van der Waals surface area contributed by atoms with Crippen molar-refractivity contribution in [3.63, 3.8) is 0 Å². The van der Waals surface area contributed by atoms with Crippen molar-refractivity contribution in [1.29, 1.82) is 0 Å². The van der Waals surface area contributed by atoms with Crippen LogP contribution in [0, 0.1) is 16.0 Å². The second kappa shape index (κ2) is 7.59. The van der Waals surface area contributed by atoms with Gasteiger partial charge in [-0.2, -0.15) is 13.2 Å². The van der Waals surface area contributed by atoms with Gasteiger partial charge in [-0.3, -0.25) is 20.0 Å². The minimum Gasteiger partial charge on any atom is -0.465 e. The number of piperidine rings is 1. The lowest BCUT2D eigenvalue weighted by Gasteiger charge is -2.47. The van der Waals surface area contributed by atoms with Gasteiger partial charge < -0.3 is 10.0 Å². The van der Waals surface area contributed by atoms with Crippen LogP contribution in [0.2, 0.25) is 0 Å². The second-order valence-corrected chi connectivity index (χ2v) is 8.88. The van der Waals surface area contributed by atoms with Crippen LogP contribution in [0.1, 0.15) is 44.9 Å². The molecule has 3 rings (SSSR count). The summed E-state index contributed by atoms with van der Waals surface area (Å²) in [6.07, 6.45) is -3.31. The van der Waals surface area contributed by atoms with Crippen LogP contribution in [0.25, 0.3) is 0 Å². The number of rotatable bonds is 3. The van der Waals surface area contributed by atoms with Crippen molar-refractivity contribution < 1.29 is 28.0 Å². The summed E-state index contributed by atoms with van der Waals surface area (Å²) in [7, 11) is 0. The van der Waals surface area contributed by atoms with Crippen molar-refractivity contribution in [3.05, 3.63) is 27.6 Å². The highest BCUT2D eigenvalue weighted by molar-refractivity contribution is 5.70. The molecule has 1 saturated heterocycles. The molecule has 30 heavy (non-hydrogen) atoms. The van der Waals surface area contributed by atoms with E-state index in [0.717, 1.165) is 17.5 Å². The number of aryl methyl sites for hydroxylation is 1. The van der Waals surface area contributed by atoms with E-state index in [1.54, 1.807) is 20.8 Å². The van der Waals surface area contributed by atoms with Crippen molar-refractivity contribution in [3.8, 4) is 0 Å². The molecule has 0 radical (unpaired) electrons. The Hall–Kier alpha value is -2.59. The zero-order chi connectivity index (χ0) is 22.4. The molecule has 0 bridgehead atoms. The number of hydrogen-bond acceptors (Lipinski definition) is 5. The van der Waals surface area contributed by atoms with Crippen molar-refractivity contribution in [2.45, 2.75) is 64.2 Å². The summed E-state index contributed by atoms with van der Waals surface area (Å²) >= 11 is 0. The second-order valence-electron chi connectivity index (χ2n) is 8.88. The number of hydrogen-bond donors (Lipinski definition) is 1. The minimum atomic E-state index is -4.55. The summed E-state index contributed by atoms with van der Waals surface area (Å²) in [4.78, 5) is 29.4. The maximum Gasteiger partial charge on any atom is 0.408 e. The normalized spacial score (nSPS) is 22.0. The lowest BCUT2D eigenvalue weighted by atomic mass is 9.89. The van der Waals surface area contributed by atoms with Gasteiger partial charge in [-0.15, -0.1) is 0 Å². The number of nitrogens with zero attached hydrogens (tertiary/aromatic N) is 4. The maximum atomic E-state index is 13.8. The van der Waals surface area contributed by atoms with Gasteiger partial charge in [0.25, 0.3) is 0 Å². The van der Waals surface area contributed by atoms with Crippen LogP contribution >= 0.6 is 0 Å². The van der Waals surface area contributed by atoms with E-state index in [9.17, 15) is 33.2 Å². The molecule has 1 aromatic heterocycles. The SMILES string of the molecule is CC(C)(C)N(C(=O)O)[C@H]1C[C@@H](C(F)(F)F)CN(c2c([N+](=O)[O-])cnc3c2CCC3)C1. The molecule has 8 nitrogen and oxygen atoms in total. The number of carbonyl (C=O) groups is 1. The standard InChI is InChI=1S/C19H25F3N4O4/c1-18(2,3)25(17(27)28)12-7-11(19(20,21)22)9-24(10-12)16-13-5-4-6-14(13)23-8-15(16)26(29)30/h8,11-12H,4-7,9-10H2,1-3H3,(H,27,28)/t11-,12+/m1/s1. The zero-order valence-electron chi connectivity index (χ0n) is 17.1. The van der Waals surface area contributed by atoms with Gasteiger partial charge in [0.2, 0.25) is 0 Å². The van der Waals surface area contributed by atoms with Crippen molar-refractivity contribution in [2.24, 2.45) is 5.92 Å². The summed E-state index contributed by atoms with van der Waals surface area (Å²) in [5.74, 6) is -1.80. The van der Waals surface area contributed by atoms with E-state index in [2.05, 4.69) is 4.98 Å². The molecule has 2 atom stereocenters. The predicted molar refractivity (Wildman–Crippen MR) is 103 cm³/mol. The topological polar surface area (TPSA) is 99.8 Å². The van der Waals surface area contributed by atoms with E-state index in [0.29, 0.717) is 24.1 Å². The zero-order valence-corrected chi connectivity index (χ0v) is 17.1. The van der Waals surface area contributed by atoms with E-state index in [1.807, 2.05) is 0 Å². The van der Waals surface area contributed by atoms with Gasteiger partial charge in [-0.1, -0.05) is 0 Å². The quantitative estimate of drug-likeness (QED) is 0.574. The third-order valence-electron chi connectivity index (χ3n) is 5.76. The predicted octanol–water partition coefficient (Wildman–Crippen LogP) is 4.01. The Balaban J connectivity index is 2.10. The Morgan fingerprint density at radius 1 is 1.30 bits per heavy atom. The third-order valence-corrected chi connectivity index (χ3v) is 5.76. The first kappa shape index (κ1) is 22.1. The van der Waals surface area contributed by atoms with Gasteiger partial charge in [0.1, 0.15) is 11.9 Å². The van der Waals surface area contributed by atoms with E-state index in [1.165, 1.54) is 4.90 Å². The Morgan fingerprint density at radius 2 is 1.97 bits per heavy atom. The highest BCUT2D eigenvalue weighted by Gasteiger charge is 2.49. The molecular formula is C19H25F3N4O4. The number of aromatic nitrogens is 1. The molecule has 1 N–H and O–H groups in total. The molecule has 0 saturated carbocycles. The van der Waals surface area contributed by atoms with Crippen LogP contribution in [0.3, 0.4) is 0 Å². The van der Waals surface area contributed by atoms with Gasteiger partial charge in [0.05, 0.1) is 16.9 Å². The summed E-state index contributed by atoms with van der Waals surface area (Å²) in [5, 5.41) is 21.4. The number of amides is 1. The molecule has 1 fully saturated rings. The number of fused-ring (bicyclic) bond motifs is 1. The molecule has 11 heteroatoms. The van der Waals surface area contributed by atoms with Crippen LogP contribution in [0.5, 0.6) is 0 Å². The van der Waals surface area contributed by atoms with Gasteiger partial charge in [0, 0.05) is 29.9 Å². The van der Waals surface area contributed by atoms with Crippen LogP contribution in [0.4, 0.5) is 29.3 Å². The lowest BCUT2D eigenvalue weighted by Crippen LogP contribution is -2.60. The molecule has 2 heterocycles. The number of carboxylic acid groups (broad SMARTS) is 1. The number of alkyl halides is 3. The van der Waals surface area contributed by atoms with E-state index in [-0.39, 0.29) is 24.3 Å². The fraction of sp³-hybridized carbons (Fsp3) is 0.684. The average molecular weight is 430 g/mol. The van der Waals surface area contributed by atoms with E-state index < -0.39 is 41.2 Å². The van der Waals surface area contributed by atoms with Crippen molar-refractivity contribution >= 4 is 17.5 Å². The van der Waals surface area contributed by atoms with E-state index in [4.69, 9.17) is 0 Å². The van der Waals surface area contributed by atoms with Gasteiger partial charge >= 0.3 is 18.0 Å². The Labute approximate surface area is 171 Å². The molecule has 166 valence electrons. The highest BCUT2D eigenvalue weighted by Crippen LogP contribution is 2.43. The first-order valence-electron chi connectivity index (χ1n) is 9.79. The van der Waals surface area contributed by atoms with Crippen LogP contribution in [-0.4, -0.2) is 56.9 Å². The molecule has 0 spiro atoms. The molecule has 1 amide bonds. The first-order chi connectivity index (χ1) is 13.8. The van der Waals surface area contributed by atoms with Crippen molar-refractivity contribution in [2.75, 3.05) is 18.0 Å². The summed E-state index contributed by atoms with van der Waals surface area (Å²) in [6.45, 7) is 4.36. The molecule has 0 unspecified atom stereocenters. The third kappa shape index (κ3) is 4.15. The van der Waals surface area contributed by atoms with Gasteiger partial charge in [-0.05, 0) is 46.5 Å². The Morgan fingerprint density at radius 3 is 2.50 bits per heavy atom. The summed E-state index contributed by atoms with van der Waals surface area (Å²) < 4.78 is 41.3. The summed E-state index contributed by atoms with van der Waals surface area (Å²) in [6, 6.07) is -0.965. The van der Waals surface area contributed by atoms with Crippen molar-refractivity contribution in [1.82, 2.24) is 9.88 Å². The molecule has 1 aliphatic carbocycles. The maximum absolute atomic E-state index is 13.8. The fourth-order valence-electron chi connectivity index (χ4n) is 4.64. The Bertz CT molecular complexity index is 853. The van der Waals surface area contributed by atoms with Crippen LogP contribution in [-0.2, 0) is 12.8 Å². The smallest absolute Gasteiger partial charge is 0.408 e. The number of anilines is 1. The number of halogens is 3. The number of pyridine rings is 1. The monoisotopic (exact) mass is 430 g/mol. The minimum absolute atomic E-state index is 0.0482. The van der Waals surface area contributed by atoms with Crippen LogP contribution in [0.15, 0.2) is 6.20 Å². The van der Waals surface area contributed by atoms with E-state index >= 15 is 0 Å². The largest absolute Gasteiger partial charge is 0.465 e. The van der Waals surface area contributed by atoms with Gasteiger partial charge in [0.15, 0.2) is 0 Å². The molecule has 1 aliphatic heterocycles. The highest BCUT2D eigenvalue weighted by atomic mass is 19.4. The number of nitro groups is 1. The molecule has 2 aliphatic rings. The fourth-order valence-corrected chi connectivity index (χ4v) is 4.64. The first-order valence-corrected chi connectivity index (χ1v) is 9.79. The lowest BCUT2D eigenvalue weighted by molar-refractivity contribution is -0.384. The molecular weight excluding hydrogens is 405 g/mol. The Kier molecular flexibility index (Phi) is 5.59. The van der Waals surface area contributed by atoms with Gasteiger partial charge in [-0.25, -0.2) is 4.79 Å². The molecule has 1 aromatic rings. The average Bonchev–Trinajstić information content (AvgIpc) is 3.06. The van der Waals surface area contributed by atoms with Crippen LogP contribution < -0.4 is 4.90 Å². The summed E-state index contributed by atoms with van der Waals surface area (Å²) in [5.41, 5.74) is 0.146. The molecule has 0 aromatic carbocycles.